The van der Waals surface area contributed by atoms with Crippen LogP contribution in [0.5, 0.6) is 0 Å². The van der Waals surface area contributed by atoms with Crippen LogP contribution in [0, 0.1) is 0 Å². The van der Waals surface area contributed by atoms with Crippen molar-refractivity contribution in [3.8, 4) is 0 Å². The Bertz CT molecular complexity index is 1480. The molecule has 0 bridgehead atoms. The van der Waals surface area contributed by atoms with Gasteiger partial charge in [0.05, 0.1) is 22.6 Å². The monoisotopic (exact) mass is 521 g/mol. The third kappa shape index (κ3) is 5.21. The lowest BCUT2D eigenvalue weighted by atomic mass is 10.0. The maximum atomic E-state index is 13.3. The summed E-state index contributed by atoms with van der Waals surface area (Å²) < 4.78 is 46.3. The summed E-state index contributed by atoms with van der Waals surface area (Å²) in [5.41, 5.74) is 2.41. The zero-order valence-corrected chi connectivity index (χ0v) is 21.3. The summed E-state index contributed by atoms with van der Waals surface area (Å²) in [6.45, 7) is 0.295. The lowest BCUT2D eigenvalue weighted by molar-refractivity contribution is -0.122. The molecular weight excluding hydrogens is 494 g/mol. The highest BCUT2D eigenvalue weighted by atomic mass is 32.2. The van der Waals surface area contributed by atoms with Gasteiger partial charge in [-0.15, -0.1) is 0 Å². The van der Waals surface area contributed by atoms with E-state index in [9.17, 15) is 17.4 Å². The van der Waals surface area contributed by atoms with E-state index < -0.39 is 26.9 Å². The molecule has 0 N–H and O–H groups in total. The van der Waals surface area contributed by atoms with Crippen molar-refractivity contribution in [1.29, 1.82) is 0 Å². The Morgan fingerprint density at radius 1 is 0.944 bits per heavy atom. The number of rotatable bonds is 9. The number of hydrogen-bond acceptors (Lipinski definition) is 5. The first-order valence-electron chi connectivity index (χ1n) is 12.0. The first-order valence-corrected chi connectivity index (χ1v) is 14.7. The van der Waals surface area contributed by atoms with Gasteiger partial charge in [0, 0.05) is 29.3 Å². The van der Waals surface area contributed by atoms with Crippen LogP contribution in [0.3, 0.4) is 0 Å². The van der Waals surface area contributed by atoms with Crippen molar-refractivity contribution < 1.29 is 21.8 Å². The fourth-order valence-electron chi connectivity index (χ4n) is 4.64. The molecule has 0 radical (unpaired) electrons. The molecule has 2 heterocycles. The molecule has 36 heavy (non-hydrogen) atoms. The predicted molar refractivity (Wildman–Crippen MR) is 139 cm³/mol. The van der Waals surface area contributed by atoms with Gasteiger partial charge < -0.3 is 4.42 Å². The number of fused-ring (bicyclic) bond motifs is 1. The van der Waals surface area contributed by atoms with Gasteiger partial charge in [0.2, 0.25) is 5.09 Å². The largest absolute Gasteiger partial charge is 0.443 e. The Morgan fingerprint density at radius 3 is 2.50 bits per heavy atom. The molecule has 6 nitrogen and oxygen atoms in total. The smallest absolute Gasteiger partial charge is 0.277 e. The van der Waals surface area contributed by atoms with Gasteiger partial charge >= 0.3 is 0 Å². The second-order valence-electron chi connectivity index (χ2n) is 8.97. The Labute approximate surface area is 213 Å². The van der Waals surface area contributed by atoms with Gasteiger partial charge in [0.1, 0.15) is 5.58 Å². The minimum absolute atomic E-state index is 0.108. The van der Waals surface area contributed by atoms with Crippen LogP contribution in [0.15, 0.2) is 99.3 Å². The first kappa shape index (κ1) is 24.6. The number of para-hydroxylation sites is 1. The van der Waals surface area contributed by atoms with Crippen LogP contribution in [0.25, 0.3) is 11.0 Å². The van der Waals surface area contributed by atoms with Gasteiger partial charge in [-0.1, -0.05) is 60.7 Å². The Kier molecular flexibility index (Phi) is 7.18. The molecule has 1 saturated heterocycles. The number of Topliss-reactive ketones (excluding diaryl/α,β-unsaturated/α-hetero) is 1. The first-order chi connectivity index (χ1) is 17.4. The van der Waals surface area contributed by atoms with Crippen LogP contribution in [0.4, 0.5) is 0 Å². The number of aryl methyl sites for hydroxylation is 1. The highest BCUT2D eigenvalue weighted by Crippen LogP contribution is 2.31. The molecule has 0 amide bonds. The van der Waals surface area contributed by atoms with Gasteiger partial charge in [0.15, 0.2) is 5.78 Å². The van der Waals surface area contributed by atoms with E-state index in [0.717, 1.165) is 16.0 Å². The van der Waals surface area contributed by atoms with Crippen molar-refractivity contribution >= 4 is 37.6 Å². The summed E-state index contributed by atoms with van der Waals surface area (Å²) >= 11 is 0. The number of benzene rings is 3. The summed E-state index contributed by atoms with van der Waals surface area (Å²) in [6, 6.07) is 25.1. The summed E-state index contributed by atoms with van der Waals surface area (Å²) in [7, 11) is -5.11. The molecule has 1 aliphatic heterocycles. The molecule has 5 rings (SSSR count). The quantitative estimate of drug-likeness (QED) is 0.306. The Morgan fingerprint density at radius 2 is 1.69 bits per heavy atom. The highest BCUT2D eigenvalue weighted by molar-refractivity contribution is 7.89. The zero-order valence-electron chi connectivity index (χ0n) is 19.7. The van der Waals surface area contributed by atoms with Gasteiger partial charge in [-0.05, 0) is 48.6 Å². The van der Waals surface area contributed by atoms with Crippen molar-refractivity contribution in [3.63, 3.8) is 0 Å². The molecular formula is C28H27NO5S2. The molecule has 0 saturated carbocycles. The SMILES string of the molecule is O=C(CCc1cccc(S(=O)Cc2ccccc2)c1)[C@@H]1CCCN1S(=O)(=O)c1cc2ccccc2o1. The molecule has 0 spiro atoms. The maximum absolute atomic E-state index is 13.3. The summed E-state index contributed by atoms with van der Waals surface area (Å²) in [5, 5.41) is 0.583. The number of nitrogens with zero attached hydrogens (tertiary/aromatic N) is 1. The van der Waals surface area contributed by atoms with Crippen LogP contribution < -0.4 is 0 Å². The van der Waals surface area contributed by atoms with E-state index in [1.54, 1.807) is 18.2 Å². The summed E-state index contributed by atoms with van der Waals surface area (Å²) in [6.07, 6.45) is 1.80. The highest BCUT2D eigenvalue weighted by Gasteiger charge is 2.40. The van der Waals surface area contributed by atoms with Crippen LogP contribution in [0.2, 0.25) is 0 Å². The van der Waals surface area contributed by atoms with Crippen LogP contribution in [-0.4, -0.2) is 35.3 Å². The minimum atomic E-state index is -3.92. The molecule has 1 unspecified atom stereocenters. The summed E-state index contributed by atoms with van der Waals surface area (Å²) in [5.74, 6) is 0.322. The number of carbonyl (C=O) groups is 1. The second kappa shape index (κ2) is 10.5. The van der Waals surface area contributed by atoms with Crippen molar-refractivity contribution in [2.45, 2.75) is 47.5 Å². The second-order valence-corrected chi connectivity index (χ2v) is 12.2. The van der Waals surface area contributed by atoms with Crippen molar-refractivity contribution in [1.82, 2.24) is 4.31 Å². The van der Waals surface area contributed by atoms with Crippen molar-refractivity contribution in [2.75, 3.05) is 6.54 Å². The van der Waals surface area contributed by atoms with E-state index in [4.69, 9.17) is 4.42 Å². The number of ketones is 1. The fourth-order valence-corrected chi connectivity index (χ4v) is 7.44. The molecule has 8 heteroatoms. The van der Waals surface area contributed by atoms with Crippen molar-refractivity contribution in [2.24, 2.45) is 0 Å². The van der Waals surface area contributed by atoms with Crippen LogP contribution in [-0.2, 0) is 37.8 Å². The Balaban J connectivity index is 1.25. The van der Waals surface area contributed by atoms with E-state index in [2.05, 4.69) is 0 Å². The molecule has 3 aromatic carbocycles. The maximum Gasteiger partial charge on any atom is 0.277 e. The normalized spacial score (nSPS) is 17.4. The molecule has 1 fully saturated rings. The molecule has 1 aromatic heterocycles. The average molecular weight is 522 g/mol. The van der Waals surface area contributed by atoms with E-state index >= 15 is 0 Å². The van der Waals surface area contributed by atoms with E-state index in [0.29, 0.717) is 42.5 Å². The molecule has 4 aromatic rings. The topological polar surface area (TPSA) is 84.7 Å². The molecule has 2 atom stereocenters. The number of sulfonamides is 1. The van der Waals surface area contributed by atoms with Crippen molar-refractivity contribution in [3.05, 3.63) is 96.1 Å². The molecule has 0 aliphatic carbocycles. The van der Waals surface area contributed by atoms with Crippen LogP contribution >= 0.6 is 0 Å². The van der Waals surface area contributed by atoms with Gasteiger partial charge in [-0.25, -0.2) is 8.42 Å². The lowest BCUT2D eigenvalue weighted by Crippen LogP contribution is -2.40. The zero-order chi connectivity index (χ0) is 25.1. The van der Waals surface area contributed by atoms with Gasteiger partial charge in [0.25, 0.3) is 10.0 Å². The lowest BCUT2D eigenvalue weighted by Gasteiger charge is -2.21. The summed E-state index contributed by atoms with van der Waals surface area (Å²) in [4.78, 5) is 13.9. The third-order valence-corrected chi connectivity index (χ3v) is 9.64. The van der Waals surface area contributed by atoms with Gasteiger partial charge in [-0.2, -0.15) is 4.31 Å². The average Bonchev–Trinajstić information content (AvgIpc) is 3.57. The fraction of sp³-hybridized carbons (Fsp3) is 0.250. The van der Waals surface area contributed by atoms with E-state index in [1.807, 2.05) is 60.7 Å². The minimum Gasteiger partial charge on any atom is -0.443 e. The predicted octanol–water partition coefficient (Wildman–Crippen LogP) is 5.10. The van der Waals surface area contributed by atoms with Gasteiger partial charge in [-0.3, -0.25) is 9.00 Å². The number of carbonyl (C=O) groups excluding carboxylic acids is 1. The molecule has 186 valence electrons. The van der Waals surface area contributed by atoms with Crippen LogP contribution in [0.1, 0.15) is 30.4 Å². The standard InChI is InChI=1S/C28H27NO5S2/c30-26(16-15-21-10-6-12-24(18-21)35(31)20-22-8-2-1-3-9-22)25-13-7-17-29(25)36(32,33)28-19-23-11-4-5-14-27(23)34-28/h1-6,8-12,14,18-19,25H,7,13,15-17,20H2/t25-,35?/m0/s1. The number of furan rings is 1. The Hall–Kier alpha value is -3.07. The third-order valence-electron chi connectivity index (χ3n) is 6.50. The number of hydrogen-bond donors (Lipinski definition) is 0. The van der Waals surface area contributed by atoms with E-state index in [1.165, 1.54) is 10.4 Å². The molecule has 1 aliphatic rings. The van der Waals surface area contributed by atoms with E-state index in [-0.39, 0.29) is 17.3 Å².